The number of aliphatic carboxylic acids is 1. The molecular formula is C12H19NO3. The molecule has 3 unspecified atom stereocenters. The molecule has 2 fully saturated rings. The van der Waals surface area contributed by atoms with Gasteiger partial charge in [-0.05, 0) is 43.9 Å². The molecule has 4 atom stereocenters. The van der Waals surface area contributed by atoms with Crippen molar-refractivity contribution in [2.24, 2.45) is 17.8 Å². The topological polar surface area (TPSA) is 66.4 Å². The van der Waals surface area contributed by atoms with Crippen LogP contribution in [0.5, 0.6) is 0 Å². The van der Waals surface area contributed by atoms with Gasteiger partial charge in [0, 0.05) is 6.42 Å². The zero-order valence-corrected chi connectivity index (χ0v) is 9.61. The standard InChI is InChI=1S/C12H19NO3/c1-7(12(15)16)13-11(14)6-10-5-8-2-3-9(10)4-8/h7-10H,2-6H2,1H3,(H,13,14)(H,15,16)/t7-,8?,9?,10?/m1/s1. The van der Waals surface area contributed by atoms with Gasteiger partial charge in [-0.1, -0.05) is 6.42 Å². The van der Waals surface area contributed by atoms with E-state index >= 15 is 0 Å². The van der Waals surface area contributed by atoms with Crippen LogP contribution in [0, 0.1) is 17.8 Å². The fraction of sp³-hybridized carbons (Fsp3) is 0.833. The summed E-state index contributed by atoms with van der Waals surface area (Å²) < 4.78 is 0. The van der Waals surface area contributed by atoms with Gasteiger partial charge < -0.3 is 10.4 Å². The molecule has 2 saturated carbocycles. The van der Waals surface area contributed by atoms with E-state index in [4.69, 9.17) is 5.11 Å². The quantitative estimate of drug-likeness (QED) is 0.760. The Bertz CT molecular complexity index is 303. The molecule has 2 aliphatic rings. The predicted octanol–water partition coefficient (Wildman–Crippen LogP) is 1.40. The van der Waals surface area contributed by atoms with Crippen LogP contribution in [0.3, 0.4) is 0 Å². The Hall–Kier alpha value is -1.06. The normalized spacial score (nSPS) is 33.7. The minimum absolute atomic E-state index is 0.104. The van der Waals surface area contributed by atoms with E-state index in [1.54, 1.807) is 0 Å². The van der Waals surface area contributed by atoms with Gasteiger partial charge in [0.1, 0.15) is 6.04 Å². The molecular weight excluding hydrogens is 206 g/mol. The fourth-order valence-electron chi connectivity index (χ4n) is 3.23. The van der Waals surface area contributed by atoms with Crippen molar-refractivity contribution < 1.29 is 14.7 Å². The number of carboxylic acids is 1. The van der Waals surface area contributed by atoms with Gasteiger partial charge in [-0.2, -0.15) is 0 Å². The molecule has 4 heteroatoms. The van der Waals surface area contributed by atoms with Crippen LogP contribution in [-0.4, -0.2) is 23.0 Å². The third-order valence-corrected chi connectivity index (χ3v) is 4.08. The highest BCUT2D eigenvalue weighted by molar-refractivity contribution is 5.83. The third-order valence-electron chi connectivity index (χ3n) is 4.08. The lowest BCUT2D eigenvalue weighted by Crippen LogP contribution is -2.39. The molecule has 0 heterocycles. The van der Waals surface area contributed by atoms with Crippen molar-refractivity contribution in [2.45, 2.75) is 45.1 Å². The lowest BCUT2D eigenvalue weighted by atomic mass is 9.86. The number of carboxylic acid groups (broad SMARTS) is 1. The van der Waals surface area contributed by atoms with Crippen molar-refractivity contribution >= 4 is 11.9 Å². The maximum atomic E-state index is 11.6. The molecule has 2 rings (SSSR count). The van der Waals surface area contributed by atoms with Crippen LogP contribution in [0.2, 0.25) is 0 Å². The summed E-state index contributed by atoms with van der Waals surface area (Å²) in [4.78, 5) is 22.2. The van der Waals surface area contributed by atoms with Crippen LogP contribution >= 0.6 is 0 Å². The molecule has 0 spiro atoms. The molecule has 4 nitrogen and oxygen atoms in total. The van der Waals surface area contributed by atoms with E-state index in [1.165, 1.54) is 32.6 Å². The first-order valence-corrected chi connectivity index (χ1v) is 6.08. The Kier molecular flexibility index (Phi) is 3.17. The van der Waals surface area contributed by atoms with Gasteiger partial charge in [0.2, 0.25) is 5.91 Å². The van der Waals surface area contributed by atoms with E-state index < -0.39 is 12.0 Å². The van der Waals surface area contributed by atoms with E-state index in [1.807, 2.05) is 0 Å². The molecule has 0 aromatic rings. The highest BCUT2D eigenvalue weighted by atomic mass is 16.4. The molecule has 0 radical (unpaired) electrons. The van der Waals surface area contributed by atoms with Crippen LogP contribution in [0.25, 0.3) is 0 Å². The first-order valence-electron chi connectivity index (χ1n) is 6.08. The number of hydrogen-bond acceptors (Lipinski definition) is 2. The summed E-state index contributed by atoms with van der Waals surface area (Å²) in [6, 6.07) is -0.772. The number of carbonyl (C=O) groups is 2. The summed E-state index contributed by atoms with van der Waals surface area (Å²) in [5, 5.41) is 11.2. The average Bonchev–Trinajstić information content (AvgIpc) is 2.78. The van der Waals surface area contributed by atoms with Crippen molar-refractivity contribution in [3.63, 3.8) is 0 Å². The van der Waals surface area contributed by atoms with Gasteiger partial charge in [0.25, 0.3) is 0 Å². The number of rotatable bonds is 4. The van der Waals surface area contributed by atoms with Crippen molar-refractivity contribution in [3.05, 3.63) is 0 Å². The van der Waals surface area contributed by atoms with Gasteiger partial charge in [0.15, 0.2) is 0 Å². The van der Waals surface area contributed by atoms with E-state index in [-0.39, 0.29) is 5.91 Å². The molecule has 2 aliphatic carbocycles. The van der Waals surface area contributed by atoms with Crippen LogP contribution in [0.15, 0.2) is 0 Å². The predicted molar refractivity (Wildman–Crippen MR) is 58.8 cm³/mol. The second kappa shape index (κ2) is 4.44. The lowest BCUT2D eigenvalue weighted by Gasteiger charge is -2.21. The zero-order valence-electron chi connectivity index (χ0n) is 9.61. The molecule has 0 aromatic heterocycles. The minimum atomic E-state index is -0.971. The minimum Gasteiger partial charge on any atom is -0.480 e. The van der Waals surface area contributed by atoms with Crippen molar-refractivity contribution in [1.82, 2.24) is 5.32 Å². The lowest BCUT2D eigenvalue weighted by molar-refractivity contribution is -0.141. The zero-order chi connectivity index (χ0) is 11.7. The van der Waals surface area contributed by atoms with E-state index in [2.05, 4.69) is 5.32 Å². The molecule has 1 amide bonds. The van der Waals surface area contributed by atoms with Crippen LogP contribution < -0.4 is 5.32 Å². The number of fused-ring (bicyclic) bond motifs is 2. The summed E-state index contributed by atoms with van der Waals surface area (Å²) in [5.41, 5.74) is 0. The van der Waals surface area contributed by atoms with Crippen LogP contribution in [0.4, 0.5) is 0 Å². The largest absolute Gasteiger partial charge is 0.480 e. The summed E-state index contributed by atoms with van der Waals surface area (Å²) in [6.07, 6.45) is 5.55. The molecule has 2 N–H and O–H groups in total. The molecule has 0 aromatic carbocycles. The van der Waals surface area contributed by atoms with E-state index in [9.17, 15) is 9.59 Å². The van der Waals surface area contributed by atoms with Crippen LogP contribution in [-0.2, 0) is 9.59 Å². The van der Waals surface area contributed by atoms with Crippen molar-refractivity contribution in [1.29, 1.82) is 0 Å². The summed E-state index contributed by atoms with van der Waals surface area (Å²) in [6.45, 7) is 1.50. The van der Waals surface area contributed by atoms with E-state index in [0.717, 1.165) is 11.8 Å². The van der Waals surface area contributed by atoms with Gasteiger partial charge in [-0.25, -0.2) is 0 Å². The Morgan fingerprint density at radius 1 is 1.38 bits per heavy atom. The van der Waals surface area contributed by atoms with Crippen molar-refractivity contribution in [2.75, 3.05) is 0 Å². The Morgan fingerprint density at radius 3 is 2.62 bits per heavy atom. The molecule has 16 heavy (non-hydrogen) atoms. The van der Waals surface area contributed by atoms with Gasteiger partial charge in [0.05, 0.1) is 0 Å². The van der Waals surface area contributed by atoms with Gasteiger partial charge in [-0.15, -0.1) is 0 Å². The third kappa shape index (κ3) is 2.36. The average molecular weight is 225 g/mol. The summed E-state index contributed by atoms with van der Waals surface area (Å²) >= 11 is 0. The van der Waals surface area contributed by atoms with Crippen molar-refractivity contribution in [3.8, 4) is 0 Å². The molecule has 2 bridgehead atoms. The molecule has 0 saturated heterocycles. The van der Waals surface area contributed by atoms with Gasteiger partial charge in [-0.3, -0.25) is 9.59 Å². The Morgan fingerprint density at radius 2 is 2.12 bits per heavy atom. The smallest absolute Gasteiger partial charge is 0.325 e. The monoisotopic (exact) mass is 225 g/mol. The first-order chi connectivity index (χ1) is 7.56. The Balaban J connectivity index is 1.77. The maximum absolute atomic E-state index is 11.6. The maximum Gasteiger partial charge on any atom is 0.325 e. The van der Waals surface area contributed by atoms with Crippen LogP contribution in [0.1, 0.15) is 39.0 Å². The second-order valence-electron chi connectivity index (χ2n) is 5.27. The van der Waals surface area contributed by atoms with E-state index in [0.29, 0.717) is 12.3 Å². The number of carbonyl (C=O) groups excluding carboxylic acids is 1. The van der Waals surface area contributed by atoms with Gasteiger partial charge >= 0.3 is 5.97 Å². The highest BCUT2D eigenvalue weighted by Crippen LogP contribution is 2.49. The number of hydrogen-bond donors (Lipinski definition) is 2. The first kappa shape index (κ1) is 11.4. The number of amides is 1. The second-order valence-corrected chi connectivity index (χ2v) is 5.27. The molecule has 0 aliphatic heterocycles. The molecule has 90 valence electrons. The summed E-state index contributed by atoms with van der Waals surface area (Å²) in [7, 11) is 0. The Labute approximate surface area is 95.4 Å². The number of nitrogens with one attached hydrogen (secondary N) is 1. The fourth-order valence-corrected chi connectivity index (χ4v) is 3.23. The summed E-state index contributed by atoms with van der Waals surface area (Å²) in [5.74, 6) is 0.976. The SMILES string of the molecule is C[C@@H](NC(=O)CC1CC2CCC1C2)C(=O)O. The highest BCUT2D eigenvalue weighted by Gasteiger charge is 2.40.